The van der Waals surface area contributed by atoms with E-state index in [9.17, 15) is 4.79 Å². The Kier molecular flexibility index (Phi) is 6.52. The number of aromatic nitrogens is 3. The second-order valence-corrected chi connectivity index (χ2v) is 5.19. The van der Waals surface area contributed by atoms with Crippen molar-refractivity contribution in [2.45, 2.75) is 19.9 Å². The van der Waals surface area contributed by atoms with Crippen molar-refractivity contribution in [3.8, 4) is 5.69 Å². The van der Waals surface area contributed by atoms with Crippen LogP contribution in [-0.4, -0.2) is 39.2 Å². The van der Waals surface area contributed by atoms with Gasteiger partial charge >= 0.3 is 0 Å². The Morgan fingerprint density at radius 1 is 1.32 bits per heavy atom. The molecule has 120 valence electrons. The summed E-state index contributed by atoms with van der Waals surface area (Å²) < 4.78 is 1.69. The molecule has 0 spiro atoms. The maximum absolute atomic E-state index is 12.2. The molecule has 22 heavy (non-hydrogen) atoms. The van der Waals surface area contributed by atoms with Crippen molar-refractivity contribution in [1.29, 1.82) is 0 Å². The van der Waals surface area contributed by atoms with Gasteiger partial charge in [-0.2, -0.15) is 5.10 Å². The van der Waals surface area contributed by atoms with Gasteiger partial charge in [-0.15, -0.1) is 12.4 Å². The molecule has 6 nitrogen and oxygen atoms in total. The van der Waals surface area contributed by atoms with E-state index in [1.165, 1.54) is 6.33 Å². The largest absolute Gasteiger partial charge is 0.339 e. The first kappa shape index (κ1) is 18.1. The van der Waals surface area contributed by atoms with Gasteiger partial charge in [-0.3, -0.25) is 4.79 Å². The van der Waals surface area contributed by atoms with Crippen LogP contribution in [0.5, 0.6) is 0 Å². The number of hydrogen-bond donors (Lipinski definition) is 1. The molecule has 0 aliphatic heterocycles. The molecule has 1 heterocycles. The normalized spacial score (nSPS) is 13.1. The highest BCUT2D eigenvalue weighted by molar-refractivity contribution is 5.85. The van der Waals surface area contributed by atoms with Gasteiger partial charge < -0.3 is 10.6 Å². The molecule has 2 aromatic rings. The standard InChI is InChI=1S/C15H21N5O.ClH/c1-11(8-16)15(21)19(3)12(2)13-4-6-14(7-5-13)20-10-17-9-18-20;/h4-7,9-12H,8,16H2,1-3H3;1H. The minimum absolute atomic E-state index is 0. The third kappa shape index (κ3) is 3.84. The lowest BCUT2D eigenvalue weighted by molar-refractivity contribution is -0.135. The molecule has 7 heteroatoms. The van der Waals surface area contributed by atoms with Gasteiger partial charge in [0.15, 0.2) is 0 Å². The van der Waals surface area contributed by atoms with Crippen molar-refractivity contribution < 1.29 is 4.79 Å². The van der Waals surface area contributed by atoms with Gasteiger partial charge in [0, 0.05) is 19.5 Å². The van der Waals surface area contributed by atoms with E-state index < -0.39 is 0 Å². The summed E-state index contributed by atoms with van der Waals surface area (Å²) in [5, 5.41) is 4.09. The molecular weight excluding hydrogens is 302 g/mol. The number of hydrogen-bond acceptors (Lipinski definition) is 4. The zero-order chi connectivity index (χ0) is 15.4. The Bertz CT molecular complexity index is 584. The molecule has 2 rings (SSSR count). The minimum Gasteiger partial charge on any atom is -0.339 e. The maximum atomic E-state index is 12.2. The molecule has 0 saturated heterocycles. The van der Waals surface area contributed by atoms with Crippen LogP contribution >= 0.6 is 12.4 Å². The van der Waals surface area contributed by atoms with E-state index in [1.54, 1.807) is 15.9 Å². The summed E-state index contributed by atoms with van der Waals surface area (Å²) in [5.74, 6) is -0.0998. The van der Waals surface area contributed by atoms with Gasteiger partial charge in [0.2, 0.25) is 5.91 Å². The molecule has 0 bridgehead atoms. The smallest absolute Gasteiger partial charge is 0.226 e. The number of carbonyl (C=O) groups excluding carboxylic acids is 1. The third-order valence-corrected chi connectivity index (χ3v) is 3.76. The van der Waals surface area contributed by atoms with Crippen LogP contribution in [0.4, 0.5) is 0 Å². The monoisotopic (exact) mass is 323 g/mol. The average Bonchev–Trinajstić information content (AvgIpc) is 3.06. The van der Waals surface area contributed by atoms with Gasteiger partial charge in [-0.05, 0) is 24.6 Å². The van der Waals surface area contributed by atoms with Crippen LogP contribution < -0.4 is 5.73 Å². The Morgan fingerprint density at radius 3 is 2.45 bits per heavy atom. The van der Waals surface area contributed by atoms with Crippen molar-refractivity contribution in [2.75, 3.05) is 13.6 Å². The Labute approximate surface area is 136 Å². The Morgan fingerprint density at radius 2 is 1.95 bits per heavy atom. The number of nitrogens with two attached hydrogens (primary N) is 1. The lowest BCUT2D eigenvalue weighted by atomic mass is 10.0. The first-order valence-electron chi connectivity index (χ1n) is 6.96. The number of halogens is 1. The number of nitrogens with zero attached hydrogens (tertiary/aromatic N) is 4. The highest BCUT2D eigenvalue weighted by Gasteiger charge is 2.21. The second kappa shape index (κ2) is 7.91. The van der Waals surface area contributed by atoms with Crippen molar-refractivity contribution in [1.82, 2.24) is 19.7 Å². The molecule has 1 aromatic heterocycles. The van der Waals surface area contributed by atoms with E-state index in [-0.39, 0.29) is 30.3 Å². The van der Waals surface area contributed by atoms with Crippen molar-refractivity contribution >= 4 is 18.3 Å². The van der Waals surface area contributed by atoms with Crippen LogP contribution in [0.3, 0.4) is 0 Å². The molecule has 0 radical (unpaired) electrons. The first-order chi connectivity index (χ1) is 10.0. The van der Waals surface area contributed by atoms with E-state index in [0.717, 1.165) is 11.3 Å². The maximum Gasteiger partial charge on any atom is 0.226 e. The molecule has 0 aliphatic carbocycles. The zero-order valence-corrected chi connectivity index (χ0v) is 13.8. The quantitative estimate of drug-likeness (QED) is 0.910. The first-order valence-corrected chi connectivity index (χ1v) is 6.96. The fourth-order valence-electron chi connectivity index (χ4n) is 2.11. The van der Waals surface area contributed by atoms with Gasteiger partial charge in [0.1, 0.15) is 12.7 Å². The Balaban J connectivity index is 0.00000242. The molecule has 0 fully saturated rings. The van der Waals surface area contributed by atoms with Crippen molar-refractivity contribution in [2.24, 2.45) is 11.7 Å². The van der Waals surface area contributed by atoms with Crippen LogP contribution in [0.1, 0.15) is 25.5 Å². The summed E-state index contributed by atoms with van der Waals surface area (Å²) in [7, 11) is 1.81. The summed E-state index contributed by atoms with van der Waals surface area (Å²) in [6.45, 7) is 4.21. The molecule has 0 saturated carbocycles. The molecule has 2 atom stereocenters. The Hall–Kier alpha value is -1.92. The lowest BCUT2D eigenvalue weighted by Crippen LogP contribution is -2.36. The lowest BCUT2D eigenvalue weighted by Gasteiger charge is -2.27. The van der Waals surface area contributed by atoms with Gasteiger partial charge in [0.25, 0.3) is 0 Å². The number of amides is 1. The van der Waals surface area contributed by atoms with Crippen LogP contribution in [-0.2, 0) is 4.79 Å². The number of rotatable bonds is 5. The summed E-state index contributed by atoms with van der Waals surface area (Å²) in [4.78, 5) is 17.8. The van der Waals surface area contributed by atoms with E-state index >= 15 is 0 Å². The highest BCUT2D eigenvalue weighted by Crippen LogP contribution is 2.21. The SMILES string of the molecule is CC(CN)C(=O)N(C)C(C)c1ccc(-n2cncn2)cc1.Cl. The van der Waals surface area contributed by atoms with Crippen LogP contribution in [0.25, 0.3) is 5.69 Å². The van der Waals surface area contributed by atoms with Gasteiger partial charge in [-0.1, -0.05) is 19.1 Å². The highest BCUT2D eigenvalue weighted by atomic mass is 35.5. The van der Waals surface area contributed by atoms with Crippen LogP contribution in [0.15, 0.2) is 36.9 Å². The van der Waals surface area contributed by atoms with Gasteiger partial charge in [0.05, 0.1) is 11.7 Å². The molecule has 0 aliphatic rings. The predicted molar refractivity (Wildman–Crippen MR) is 88.0 cm³/mol. The van der Waals surface area contributed by atoms with E-state index in [1.807, 2.05) is 45.2 Å². The fourth-order valence-corrected chi connectivity index (χ4v) is 2.11. The van der Waals surface area contributed by atoms with Crippen molar-refractivity contribution in [3.63, 3.8) is 0 Å². The van der Waals surface area contributed by atoms with Crippen LogP contribution in [0.2, 0.25) is 0 Å². The molecular formula is C15H22ClN5O. The predicted octanol–water partition coefficient (Wildman–Crippen LogP) is 1.80. The zero-order valence-electron chi connectivity index (χ0n) is 13.0. The average molecular weight is 324 g/mol. The number of benzene rings is 1. The topological polar surface area (TPSA) is 77.0 Å². The summed E-state index contributed by atoms with van der Waals surface area (Å²) in [6, 6.07) is 7.92. The van der Waals surface area contributed by atoms with Crippen molar-refractivity contribution in [3.05, 3.63) is 42.5 Å². The van der Waals surface area contributed by atoms with E-state index in [2.05, 4.69) is 10.1 Å². The molecule has 2 N–H and O–H groups in total. The molecule has 1 amide bonds. The molecule has 2 unspecified atom stereocenters. The molecule has 1 aromatic carbocycles. The second-order valence-electron chi connectivity index (χ2n) is 5.19. The van der Waals surface area contributed by atoms with E-state index in [4.69, 9.17) is 5.73 Å². The van der Waals surface area contributed by atoms with Gasteiger partial charge in [-0.25, -0.2) is 9.67 Å². The summed E-state index contributed by atoms with van der Waals surface area (Å²) >= 11 is 0. The van der Waals surface area contributed by atoms with E-state index in [0.29, 0.717) is 6.54 Å². The summed E-state index contributed by atoms with van der Waals surface area (Å²) in [5.41, 5.74) is 7.57. The number of carbonyl (C=O) groups is 1. The third-order valence-electron chi connectivity index (χ3n) is 3.76. The summed E-state index contributed by atoms with van der Waals surface area (Å²) in [6.07, 6.45) is 3.15. The van der Waals surface area contributed by atoms with Crippen LogP contribution in [0, 0.1) is 5.92 Å². The fraction of sp³-hybridized carbons (Fsp3) is 0.400. The minimum atomic E-state index is -0.160.